The number of nitrogens with one attached hydrogen (secondary N) is 1. The van der Waals surface area contributed by atoms with Crippen molar-refractivity contribution in [2.45, 2.75) is 62.2 Å². The molecule has 1 aliphatic heterocycles. The summed E-state index contributed by atoms with van der Waals surface area (Å²) in [5, 5.41) is 3.53. The van der Waals surface area contributed by atoms with Crippen molar-refractivity contribution in [1.29, 1.82) is 0 Å². The van der Waals surface area contributed by atoms with E-state index in [1.807, 2.05) is 0 Å². The van der Waals surface area contributed by atoms with E-state index in [1.165, 1.54) is 5.56 Å². The normalized spacial score (nSPS) is 28.9. The summed E-state index contributed by atoms with van der Waals surface area (Å²) >= 11 is 0. The molecule has 114 valence electrons. The number of sulfone groups is 1. The molecule has 5 nitrogen and oxygen atoms in total. The van der Waals surface area contributed by atoms with E-state index in [0.717, 1.165) is 56.5 Å². The van der Waals surface area contributed by atoms with E-state index in [1.54, 1.807) is 6.33 Å². The predicted octanol–water partition coefficient (Wildman–Crippen LogP) is 1.88. The van der Waals surface area contributed by atoms with Gasteiger partial charge in [-0.1, -0.05) is 6.42 Å². The fourth-order valence-electron chi connectivity index (χ4n) is 4.08. The second-order valence-electron chi connectivity index (χ2n) is 6.69. The average Bonchev–Trinajstić information content (AvgIpc) is 2.88. The van der Waals surface area contributed by atoms with Crippen LogP contribution < -0.4 is 5.32 Å². The lowest BCUT2D eigenvalue weighted by atomic mass is 9.78. The first-order valence-electron chi connectivity index (χ1n) is 7.91. The van der Waals surface area contributed by atoms with Crippen molar-refractivity contribution in [1.82, 2.24) is 9.97 Å². The predicted molar refractivity (Wildman–Crippen MR) is 81.1 cm³/mol. The van der Waals surface area contributed by atoms with Gasteiger partial charge in [-0.25, -0.2) is 18.4 Å². The van der Waals surface area contributed by atoms with E-state index in [0.29, 0.717) is 12.2 Å². The topological polar surface area (TPSA) is 72.0 Å². The molecule has 1 unspecified atom stereocenters. The Labute approximate surface area is 125 Å². The number of anilines is 1. The van der Waals surface area contributed by atoms with Crippen LogP contribution in [0, 0.1) is 0 Å². The van der Waals surface area contributed by atoms with Crippen LogP contribution in [0.2, 0.25) is 0 Å². The lowest BCUT2D eigenvalue weighted by molar-refractivity contribution is 0.289. The van der Waals surface area contributed by atoms with E-state index in [-0.39, 0.29) is 6.04 Å². The minimum atomic E-state index is -2.90. The van der Waals surface area contributed by atoms with E-state index >= 15 is 0 Å². The van der Waals surface area contributed by atoms with Gasteiger partial charge in [-0.3, -0.25) is 0 Å². The molecule has 1 N–H and O–H groups in total. The van der Waals surface area contributed by atoms with Crippen LogP contribution in [0.25, 0.3) is 0 Å². The van der Waals surface area contributed by atoms with Crippen LogP contribution in [-0.4, -0.2) is 34.9 Å². The third-order valence-corrected chi connectivity index (χ3v) is 8.16. The smallest absolute Gasteiger partial charge is 0.156 e. The van der Waals surface area contributed by atoms with Crippen LogP contribution in [-0.2, 0) is 22.7 Å². The molecule has 4 rings (SSSR count). The molecule has 1 saturated heterocycles. The fourth-order valence-corrected chi connectivity index (χ4v) is 6.47. The molecule has 1 spiro atoms. The summed E-state index contributed by atoms with van der Waals surface area (Å²) in [6.07, 6.45) is 9.03. The first-order chi connectivity index (χ1) is 10.1. The zero-order valence-corrected chi connectivity index (χ0v) is 13.0. The van der Waals surface area contributed by atoms with Crippen molar-refractivity contribution >= 4 is 15.7 Å². The second-order valence-corrected chi connectivity index (χ2v) is 9.19. The molecule has 0 radical (unpaired) electrons. The maximum Gasteiger partial charge on any atom is 0.156 e. The van der Waals surface area contributed by atoms with Crippen molar-refractivity contribution in [2.75, 3.05) is 11.1 Å². The number of hydrogen-bond donors (Lipinski definition) is 1. The van der Waals surface area contributed by atoms with Crippen molar-refractivity contribution < 1.29 is 8.42 Å². The molecule has 1 saturated carbocycles. The van der Waals surface area contributed by atoms with Gasteiger partial charge in [0.25, 0.3) is 0 Å². The van der Waals surface area contributed by atoms with Crippen LogP contribution in [0.1, 0.15) is 49.8 Å². The highest BCUT2D eigenvalue weighted by Gasteiger charge is 2.52. The molecule has 1 atom stereocenters. The third-order valence-electron chi connectivity index (χ3n) is 5.49. The third kappa shape index (κ3) is 2.06. The minimum Gasteiger partial charge on any atom is -0.367 e. The molecular weight excluding hydrogens is 286 g/mol. The molecule has 2 heterocycles. The fraction of sp³-hybridized carbons (Fsp3) is 0.733. The maximum atomic E-state index is 12.3. The first kappa shape index (κ1) is 13.5. The van der Waals surface area contributed by atoms with E-state index in [9.17, 15) is 8.42 Å². The summed E-state index contributed by atoms with van der Waals surface area (Å²) < 4.78 is 24.2. The maximum absolute atomic E-state index is 12.3. The first-order valence-corrected chi connectivity index (χ1v) is 9.56. The SMILES string of the molecule is O=S1(=O)CCC(Nc2ncnc3c2CCC3)CC12CCC2. The Balaban J connectivity index is 1.55. The number of hydrogen-bond acceptors (Lipinski definition) is 5. The van der Waals surface area contributed by atoms with Crippen molar-refractivity contribution in [3.63, 3.8) is 0 Å². The molecule has 1 aromatic rings. The van der Waals surface area contributed by atoms with Gasteiger partial charge in [-0.2, -0.15) is 0 Å². The minimum absolute atomic E-state index is 0.230. The Hall–Kier alpha value is -1.17. The van der Waals surface area contributed by atoms with Gasteiger partial charge in [0, 0.05) is 17.3 Å². The monoisotopic (exact) mass is 307 g/mol. The molecule has 2 fully saturated rings. The van der Waals surface area contributed by atoms with Crippen LogP contribution >= 0.6 is 0 Å². The highest BCUT2D eigenvalue weighted by Crippen LogP contribution is 2.47. The summed E-state index contributed by atoms with van der Waals surface area (Å²) in [6.45, 7) is 0. The van der Waals surface area contributed by atoms with Gasteiger partial charge in [0.2, 0.25) is 0 Å². The van der Waals surface area contributed by atoms with Crippen LogP contribution in [0.4, 0.5) is 5.82 Å². The average molecular weight is 307 g/mol. The van der Waals surface area contributed by atoms with Gasteiger partial charge in [-0.15, -0.1) is 0 Å². The standard InChI is InChI=1S/C15H21N3O2S/c19-21(20)8-5-11(9-15(21)6-2-7-15)18-14-12-3-1-4-13(12)16-10-17-14/h10-11H,1-9H2,(H,16,17,18). The van der Waals surface area contributed by atoms with Gasteiger partial charge in [-0.05, 0) is 44.9 Å². The summed E-state index contributed by atoms with van der Waals surface area (Å²) in [6, 6.07) is 0.230. The largest absolute Gasteiger partial charge is 0.367 e. The number of aryl methyl sites for hydroxylation is 1. The molecule has 2 aliphatic carbocycles. The summed E-state index contributed by atoms with van der Waals surface area (Å²) in [7, 11) is -2.90. The summed E-state index contributed by atoms with van der Waals surface area (Å²) in [5.41, 5.74) is 2.41. The van der Waals surface area contributed by atoms with Crippen molar-refractivity contribution in [2.24, 2.45) is 0 Å². The van der Waals surface area contributed by atoms with E-state index in [2.05, 4.69) is 15.3 Å². The van der Waals surface area contributed by atoms with Crippen LogP contribution in [0.3, 0.4) is 0 Å². The van der Waals surface area contributed by atoms with Gasteiger partial charge in [0.1, 0.15) is 12.1 Å². The zero-order valence-electron chi connectivity index (χ0n) is 12.1. The van der Waals surface area contributed by atoms with Gasteiger partial charge < -0.3 is 5.32 Å². The van der Waals surface area contributed by atoms with Gasteiger partial charge >= 0.3 is 0 Å². The highest BCUT2D eigenvalue weighted by atomic mass is 32.2. The number of aromatic nitrogens is 2. The Morgan fingerprint density at radius 2 is 2.05 bits per heavy atom. The number of fused-ring (bicyclic) bond motifs is 1. The van der Waals surface area contributed by atoms with Crippen molar-refractivity contribution in [3.8, 4) is 0 Å². The molecule has 1 aromatic heterocycles. The van der Waals surface area contributed by atoms with Crippen LogP contribution in [0.15, 0.2) is 6.33 Å². The lowest BCUT2D eigenvalue weighted by Gasteiger charge is -2.46. The van der Waals surface area contributed by atoms with Crippen LogP contribution in [0.5, 0.6) is 0 Å². The van der Waals surface area contributed by atoms with Gasteiger partial charge in [0.15, 0.2) is 9.84 Å². The number of rotatable bonds is 2. The number of nitrogens with zero attached hydrogens (tertiary/aromatic N) is 2. The second kappa shape index (κ2) is 4.66. The Morgan fingerprint density at radius 1 is 1.19 bits per heavy atom. The quantitative estimate of drug-likeness (QED) is 0.903. The molecular formula is C15H21N3O2S. The van der Waals surface area contributed by atoms with E-state index in [4.69, 9.17) is 0 Å². The Kier molecular flexibility index (Phi) is 3.00. The lowest BCUT2D eigenvalue weighted by Crippen LogP contribution is -2.53. The molecule has 3 aliphatic rings. The van der Waals surface area contributed by atoms with Gasteiger partial charge in [0.05, 0.1) is 10.5 Å². The zero-order chi connectivity index (χ0) is 14.5. The molecule has 21 heavy (non-hydrogen) atoms. The Bertz CT molecular complexity index is 667. The molecule has 0 bridgehead atoms. The highest BCUT2D eigenvalue weighted by molar-refractivity contribution is 7.92. The van der Waals surface area contributed by atoms with Crippen molar-refractivity contribution in [3.05, 3.63) is 17.6 Å². The Morgan fingerprint density at radius 3 is 2.81 bits per heavy atom. The molecule has 0 amide bonds. The van der Waals surface area contributed by atoms with E-state index < -0.39 is 14.6 Å². The summed E-state index contributed by atoms with van der Waals surface area (Å²) in [4.78, 5) is 8.75. The molecule has 0 aromatic carbocycles. The summed E-state index contributed by atoms with van der Waals surface area (Å²) in [5.74, 6) is 1.26. The molecule has 6 heteroatoms.